The highest BCUT2D eigenvalue weighted by Gasteiger charge is 2.31. The second-order valence-electron chi connectivity index (χ2n) is 4.53. The highest BCUT2D eigenvalue weighted by molar-refractivity contribution is 5.80. The molecule has 2 nitrogen and oxygen atoms in total. The lowest BCUT2D eigenvalue weighted by atomic mass is 10.1. The zero-order valence-electron chi connectivity index (χ0n) is 7.97. The van der Waals surface area contributed by atoms with Crippen molar-refractivity contribution in [1.29, 1.82) is 0 Å². The minimum Gasteiger partial charge on any atom is -0.478 e. The van der Waals surface area contributed by atoms with E-state index < -0.39 is 0 Å². The van der Waals surface area contributed by atoms with E-state index in [0.29, 0.717) is 5.92 Å². The largest absolute Gasteiger partial charge is 0.478 e. The maximum absolute atomic E-state index is 5.60. The number of hydrogen-bond donors (Lipinski definition) is 0. The minimum absolute atomic E-state index is 0.0396. The fraction of sp³-hybridized carbons (Fsp3) is 0.900. The van der Waals surface area contributed by atoms with Crippen molar-refractivity contribution in [2.24, 2.45) is 10.9 Å². The Bertz CT molecular complexity index is 202. The molecule has 2 aliphatic rings. The normalized spacial score (nSPS) is 28.7. The molecule has 0 unspecified atom stereocenters. The van der Waals surface area contributed by atoms with Crippen molar-refractivity contribution in [3.8, 4) is 0 Å². The molecule has 0 radical (unpaired) electrons. The smallest absolute Gasteiger partial charge is 0.187 e. The van der Waals surface area contributed by atoms with E-state index in [1.165, 1.54) is 25.7 Å². The third-order valence-corrected chi connectivity index (χ3v) is 2.69. The quantitative estimate of drug-likeness (QED) is 0.587. The molecule has 0 saturated heterocycles. The fourth-order valence-electron chi connectivity index (χ4n) is 2.00. The lowest BCUT2D eigenvalue weighted by molar-refractivity contribution is 0.265. The van der Waals surface area contributed by atoms with E-state index in [4.69, 9.17) is 4.74 Å². The average molecular weight is 167 g/mol. The van der Waals surface area contributed by atoms with Gasteiger partial charge < -0.3 is 4.74 Å². The van der Waals surface area contributed by atoms with Crippen molar-refractivity contribution in [2.75, 3.05) is 6.61 Å². The maximum Gasteiger partial charge on any atom is 0.187 e. The second kappa shape index (κ2) is 2.75. The van der Waals surface area contributed by atoms with Gasteiger partial charge in [0.05, 0.1) is 5.54 Å². The standard InChI is InChI=1S/C10H17NO/c1-10(2)7-12-9(11-10)8-5-3-4-6-8/h8H,3-7H2,1-2H3. The number of rotatable bonds is 1. The zero-order valence-corrected chi connectivity index (χ0v) is 7.97. The van der Waals surface area contributed by atoms with Gasteiger partial charge in [0.1, 0.15) is 6.61 Å². The molecule has 1 aliphatic carbocycles. The van der Waals surface area contributed by atoms with Crippen LogP contribution < -0.4 is 0 Å². The zero-order chi connectivity index (χ0) is 8.60. The van der Waals surface area contributed by atoms with E-state index in [0.717, 1.165) is 12.5 Å². The Morgan fingerprint density at radius 1 is 1.33 bits per heavy atom. The highest BCUT2D eigenvalue weighted by atomic mass is 16.5. The summed E-state index contributed by atoms with van der Waals surface area (Å²) < 4.78 is 5.60. The molecule has 0 aromatic rings. The van der Waals surface area contributed by atoms with Gasteiger partial charge in [-0.2, -0.15) is 0 Å². The van der Waals surface area contributed by atoms with Gasteiger partial charge in [-0.25, -0.2) is 4.99 Å². The van der Waals surface area contributed by atoms with Gasteiger partial charge in [-0.05, 0) is 26.7 Å². The second-order valence-corrected chi connectivity index (χ2v) is 4.53. The van der Waals surface area contributed by atoms with Crippen LogP contribution in [0.15, 0.2) is 4.99 Å². The summed E-state index contributed by atoms with van der Waals surface area (Å²) in [7, 11) is 0. The first kappa shape index (κ1) is 8.09. The van der Waals surface area contributed by atoms with E-state index in [2.05, 4.69) is 18.8 Å². The molecule has 0 atom stereocenters. The Morgan fingerprint density at radius 2 is 2.00 bits per heavy atom. The molecule has 68 valence electrons. The van der Waals surface area contributed by atoms with Gasteiger partial charge >= 0.3 is 0 Å². The first-order chi connectivity index (χ1) is 5.67. The van der Waals surface area contributed by atoms with E-state index in [-0.39, 0.29) is 5.54 Å². The fourth-order valence-corrected chi connectivity index (χ4v) is 2.00. The molecule has 0 bridgehead atoms. The van der Waals surface area contributed by atoms with Gasteiger partial charge in [-0.1, -0.05) is 12.8 Å². The molecule has 1 fully saturated rings. The molecule has 0 aromatic carbocycles. The number of nitrogens with zero attached hydrogens (tertiary/aromatic N) is 1. The van der Waals surface area contributed by atoms with Crippen LogP contribution in [0.1, 0.15) is 39.5 Å². The van der Waals surface area contributed by atoms with E-state index in [9.17, 15) is 0 Å². The van der Waals surface area contributed by atoms with Crippen molar-refractivity contribution >= 4 is 5.90 Å². The Kier molecular flexibility index (Phi) is 1.85. The third kappa shape index (κ3) is 1.47. The average Bonchev–Trinajstić information content (AvgIpc) is 2.55. The van der Waals surface area contributed by atoms with Crippen LogP contribution in [-0.4, -0.2) is 18.0 Å². The number of hydrogen-bond acceptors (Lipinski definition) is 2. The summed E-state index contributed by atoms with van der Waals surface area (Å²) in [6, 6.07) is 0. The molecule has 2 heteroatoms. The molecular formula is C10H17NO. The molecule has 1 heterocycles. The van der Waals surface area contributed by atoms with Gasteiger partial charge in [-0.15, -0.1) is 0 Å². The van der Waals surface area contributed by atoms with Gasteiger partial charge in [0.15, 0.2) is 5.90 Å². The SMILES string of the molecule is CC1(C)COC(C2CCCC2)=N1. The Hall–Kier alpha value is -0.530. The third-order valence-electron chi connectivity index (χ3n) is 2.69. The minimum atomic E-state index is 0.0396. The van der Waals surface area contributed by atoms with Crippen LogP contribution >= 0.6 is 0 Å². The van der Waals surface area contributed by atoms with Crippen LogP contribution in [0.5, 0.6) is 0 Å². The van der Waals surface area contributed by atoms with E-state index >= 15 is 0 Å². The lowest BCUT2D eigenvalue weighted by Crippen LogP contribution is -2.17. The predicted octanol–water partition coefficient (Wildman–Crippen LogP) is 2.38. The Balaban J connectivity index is 2.05. The first-order valence-electron chi connectivity index (χ1n) is 4.90. The lowest BCUT2D eigenvalue weighted by Gasteiger charge is -2.08. The molecule has 0 amide bonds. The molecule has 1 saturated carbocycles. The first-order valence-corrected chi connectivity index (χ1v) is 4.90. The molecule has 2 rings (SSSR count). The van der Waals surface area contributed by atoms with Crippen LogP contribution in [0.4, 0.5) is 0 Å². The van der Waals surface area contributed by atoms with Crippen molar-refractivity contribution < 1.29 is 4.74 Å². The summed E-state index contributed by atoms with van der Waals surface area (Å²) in [5.74, 6) is 1.68. The van der Waals surface area contributed by atoms with Crippen molar-refractivity contribution in [3.63, 3.8) is 0 Å². The van der Waals surface area contributed by atoms with E-state index in [1.54, 1.807) is 0 Å². The summed E-state index contributed by atoms with van der Waals surface area (Å²) in [5.41, 5.74) is 0.0396. The summed E-state index contributed by atoms with van der Waals surface area (Å²) >= 11 is 0. The Labute approximate surface area is 74.0 Å². The molecule has 12 heavy (non-hydrogen) atoms. The van der Waals surface area contributed by atoms with Crippen LogP contribution in [0, 0.1) is 5.92 Å². The molecular weight excluding hydrogens is 150 g/mol. The monoisotopic (exact) mass is 167 g/mol. The highest BCUT2D eigenvalue weighted by Crippen LogP contribution is 2.30. The molecule has 0 aromatic heterocycles. The van der Waals surface area contributed by atoms with Crippen molar-refractivity contribution in [2.45, 2.75) is 45.1 Å². The Morgan fingerprint density at radius 3 is 2.50 bits per heavy atom. The number of ether oxygens (including phenoxy) is 1. The molecule has 1 aliphatic heterocycles. The maximum atomic E-state index is 5.60. The van der Waals surface area contributed by atoms with Crippen molar-refractivity contribution in [3.05, 3.63) is 0 Å². The van der Waals surface area contributed by atoms with Crippen LogP contribution in [0.2, 0.25) is 0 Å². The van der Waals surface area contributed by atoms with Gasteiger partial charge in [0.25, 0.3) is 0 Å². The topological polar surface area (TPSA) is 21.6 Å². The van der Waals surface area contributed by atoms with E-state index in [1.807, 2.05) is 0 Å². The summed E-state index contributed by atoms with van der Waals surface area (Å²) in [5, 5.41) is 0. The van der Waals surface area contributed by atoms with Crippen molar-refractivity contribution in [1.82, 2.24) is 0 Å². The van der Waals surface area contributed by atoms with Gasteiger partial charge in [0.2, 0.25) is 0 Å². The summed E-state index contributed by atoms with van der Waals surface area (Å²) in [4.78, 5) is 4.60. The van der Waals surface area contributed by atoms with Crippen LogP contribution in [0.25, 0.3) is 0 Å². The molecule has 0 spiro atoms. The summed E-state index contributed by atoms with van der Waals surface area (Å²) in [6.07, 6.45) is 5.28. The molecule has 0 N–H and O–H groups in total. The van der Waals surface area contributed by atoms with Crippen LogP contribution in [0.3, 0.4) is 0 Å². The predicted molar refractivity (Wildman–Crippen MR) is 49.4 cm³/mol. The summed E-state index contributed by atoms with van der Waals surface area (Å²) in [6.45, 7) is 5.04. The van der Waals surface area contributed by atoms with Gasteiger partial charge in [0, 0.05) is 5.92 Å². The van der Waals surface area contributed by atoms with Gasteiger partial charge in [-0.3, -0.25) is 0 Å². The number of aliphatic imine (C=N–C) groups is 1. The van der Waals surface area contributed by atoms with Crippen LogP contribution in [-0.2, 0) is 4.74 Å².